The molecule has 0 saturated heterocycles. The van der Waals surface area contributed by atoms with Crippen molar-refractivity contribution >= 4 is 0 Å². The minimum atomic E-state index is -0.369. The Morgan fingerprint density at radius 3 is 2.89 bits per heavy atom. The van der Waals surface area contributed by atoms with Crippen molar-refractivity contribution < 1.29 is 9.50 Å². The van der Waals surface area contributed by atoms with Gasteiger partial charge in [0.2, 0.25) is 0 Å². The Balaban J connectivity index is 1.85. The van der Waals surface area contributed by atoms with Gasteiger partial charge >= 0.3 is 0 Å². The van der Waals surface area contributed by atoms with Gasteiger partial charge in [-0.1, -0.05) is 25.8 Å². The van der Waals surface area contributed by atoms with Crippen LogP contribution in [0.5, 0.6) is 5.75 Å². The Hall–Kier alpha value is -1.05. The van der Waals surface area contributed by atoms with Gasteiger partial charge in [-0.3, -0.25) is 0 Å². The molecule has 1 saturated carbocycles. The number of hydrogen-bond donors (Lipinski definition) is 1. The summed E-state index contributed by atoms with van der Waals surface area (Å²) in [6.45, 7) is 2.26. The molecule has 104 valence electrons. The zero-order valence-electron chi connectivity index (χ0n) is 11.7. The zero-order valence-corrected chi connectivity index (χ0v) is 11.7. The minimum Gasteiger partial charge on any atom is -0.505 e. The predicted molar refractivity (Wildman–Crippen MR) is 74.9 cm³/mol. The molecule has 0 aliphatic heterocycles. The van der Waals surface area contributed by atoms with Crippen molar-refractivity contribution in [2.45, 2.75) is 57.8 Å². The second kappa shape index (κ2) is 5.15. The molecule has 2 aliphatic rings. The van der Waals surface area contributed by atoms with E-state index in [9.17, 15) is 9.50 Å². The summed E-state index contributed by atoms with van der Waals surface area (Å²) in [5.74, 6) is 1.60. The average Bonchev–Trinajstić information content (AvgIpc) is 2.42. The maximum Gasteiger partial charge on any atom is 0.168 e. The highest BCUT2D eigenvalue weighted by molar-refractivity contribution is 5.41. The summed E-state index contributed by atoms with van der Waals surface area (Å²) in [6, 6.07) is 3.50. The lowest BCUT2D eigenvalue weighted by Gasteiger charge is -2.40. The first-order valence-electron chi connectivity index (χ1n) is 7.71. The molecule has 0 radical (unpaired) electrons. The van der Waals surface area contributed by atoms with E-state index in [-0.39, 0.29) is 11.6 Å². The fourth-order valence-corrected chi connectivity index (χ4v) is 4.32. The van der Waals surface area contributed by atoms with Crippen molar-refractivity contribution in [3.8, 4) is 5.75 Å². The van der Waals surface area contributed by atoms with Crippen molar-refractivity contribution in [3.05, 3.63) is 29.1 Å². The maximum absolute atomic E-state index is 14.0. The van der Waals surface area contributed by atoms with Crippen molar-refractivity contribution in [2.75, 3.05) is 0 Å². The third-order valence-electron chi connectivity index (χ3n) is 5.21. The summed E-state index contributed by atoms with van der Waals surface area (Å²) in [5, 5.41) is 9.51. The van der Waals surface area contributed by atoms with Gasteiger partial charge in [0.05, 0.1) is 0 Å². The van der Waals surface area contributed by atoms with E-state index >= 15 is 0 Å². The van der Waals surface area contributed by atoms with Gasteiger partial charge in [0.25, 0.3) is 0 Å². The number of fused-ring (bicyclic) bond motifs is 3. The van der Waals surface area contributed by atoms with Crippen LogP contribution in [0.1, 0.15) is 62.5 Å². The zero-order chi connectivity index (χ0) is 13.4. The van der Waals surface area contributed by atoms with E-state index in [1.165, 1.54) is 43.7 Å². The molecule has 1 fully saturated rings. The highest BCUT2D eigenvalue weighted by Gasteiger charge is 2.36. The number of phenols is 1. The van der Waals surface area contributed by atoms with E-state index < -0.39 is 0 Å². The van der Waals surface area contributed by atoms with E-state index in [4.69, 9.17) is 0 Å². The minimum absolute atomic E-state index is 0.183. The monoisotopic (exact) mass is 262 g/mol. The van der Waals surface area contributed by atoms with Crippen LogP contribution < -0.4 is 0 Å². The molecule has 0 heterocycles. The SMILES string of the molecule is CCC[C@@H]1CC[C@@H]2c3ccc(O)c(F)c3CC[C@H]2C1. The van der Waals surface area contributed by atoms with Crippen molar-refractivity contribution in [1.29, 1.82) is 0 Å². The topological polar surface area (TPSA) is 20.2 Å². The largest absolute Gasteiger partial charge is 0.505 e. The first kappa shape index (κ1) is 13.0. The molecular weight excluding hydrogens is 239 g/mol. The highest BCUT2D eigenvalue weighted by atomic mass is 19.1. The maximum atomic E-state index is 14.0. The first-order valence-corrected chi connectivity index (χ1v) is 7.71. The molecule has 2 heteroatoms. The van der Waals surface area contributed by atoms with E-state index in [0.717, 1.165) is 30.2 Å². The summed E-state index contributed by atoms with van der Waals surface area (Å²) < 4.78 is 14.0. The summed E-state index contributed by atoms with van der Waals surface area (Å²) in [4.78, 5) is 0. The molecule has 1 N–H and O–H groups in total. The third kappa shape index (κ3) is 2.26. The number of rotatable bonds is 2. The molecular formula is C17H23FO. The van der Waals surface area contributed by atoms with Gasteiger partial charge in [0.1, 0.15) is 0 Å². The Morgan fingerprint density at radius 1 is 1.26 bits per heavy atom. The smallest absolute Gasteiger partial charge is 0.168 e. The van der Waals surface area contributed by atoms with Crippen molar-refractivity contribution in [1.82, 2.24) is 0 Å². The second-order valence-corrected chi connectivity index (χ2v) is 6.34. The molecule has 0 spiro atoms. The van der Waals surface area contributed by atoms with Crippen LogP contribution in [0.2, 0.25) is 0 Å². The number of aromatic hydroxyl groups is 1. The average molecular weight is 262 g/mol. The number of halogens is 1. The fourth-order valence-electron chi connectivity index (χ4n) is 4.32. The number of benzene rings is 1. The third-order valence-corrected chi connectivity index (χ3v) is 5.21. The second-order valence-electron chi connectivity index (χ2n) is 6.34. The van der Waals surface area contributed by atoms with Gasteiger partial charge in [-0.25, -0.2) is 4.39 Å². The van der Waals surface area contributed by atoms with E-state index in [0.29, 0.717) is 5.92 Å². The van der Waals surface area contributed by atoms with E-state index in [2.05, 4.69) is 6.92 Å². The van der Waals surface area contributed by atoms with E-state index in [1.807, 2.05) is 6.07 Å². The van der Waals surface area contributed by atoms with Gasteiger partial charge in [0.15, 0.2) is 11.6 Å². The highest BCUT2D eigenvalue weighted by Crippen LogP contribution is 2.48. The Labute approximate surface area is 114 Å². The number of hydrogen-bond acceptors (Lipinski definition) is 1. The van der Waals surface area contributed by atoms with Gasteiger partial charge in [0, 0.05) is 0 Å². The van der Waals surface area contributed by atoms with Crippen LogP contribution in [-0.2, 0) is 6.42 Å². The Bertz CT molecular complexity index is 469. The predicted octanol–water partition coefficient (Wildman–Crippen LogP) is 4.78. The van der Waals surface area contributed by atoms with Gasteiger partial charge in [-0.05, 0) is 67.1 Å². The summed E-state index contributed by atoms with van der Waals surface area (Å²) in [5.41, 5.74) is 1.97. The molecule has 0 aromatic heterocycles. The Morgan fingerprint density at radius 2 is 2.11 bits per heavy atom. The standard InChI is InChI=1S/C17H23FO/c1-2-3-11-4-6-13-12(10-11)5-7-15-14(13)8-9-16(19)17(15)18/h8-9,11-13,19H,2-7,10H2,1H3/t11-,12+,13+/m1/s1. The van der Waals surface area contributed by atoms with Gasteiger partial charge in [-0.2, -0.15) is 0 Å². The molecule has 0 bridgehead atoms. The lowest BCUT2D eigenvalue weighted by molar-refractivity contribution is 0.199. The summed E-state index contributed by atoms with van der Waals surface area (Å²) in [6.07, 6.45) is 8.33. The fraction of sp³-hybridized carbons (Fsp3) is 0.647. The van der Waals surface area contributed by atoms with Crippen LogP contribution in [0.4, 0.5) is 4.39 Å². The summed E-state index contributed by atoms with van der Waals surface area (Å²) in [7, 11) is 0. The van der Waals surface area contributed by atoms with Crippen LogP contribution in [0.3, 0.4) is 0 Å². The molecule has 3 rings (SSSR count). The molecule has 0 amide bonds. The molecule has 19 heavy (non-hydrogen) atoms. The van der Waals surface area contributed by atoms with Crippen LogP contribution in [0, 0.1) is 17.7 Å². The molecule has 2 aliphatic carbocycles. The van der Waals surface area contributed by atoms with Gasteiger partial charge < -0.3 is 5.11 Å². The van der Waals surface area contributed by atoms with Crippen molar-refractivity contribution in [3.63, 3.8) is 0 Å². The molecule has 1 aromatic carbocycles. The molecule has 0 unspecified atom stereocenters. The summed E-state index contributed by atoms with van der Waals surface area (Å²) >= 11 is 0. The number of phenolic OH excluding ortho intramolecular Hbond substituents is 1. The normalized spacial score (nSPS) is 29.7. The van der Waals surface area contributed by atoms with Crippen LogP contribution in [0.15, 0.2) is 12.1 Å². The van der Waals surface area contributed by atoms with E-state index in [1.54, 1.807) is 0 Å². The molecule has 1 aromatic rings. The first-order chi connectivity index (χ1) is 9.20. The Kier molecular flexibility index (Phi) is 3.51. The van der Waals surface area contributed by atoms with Gasteiger partial charge in [-0.15, -0.1) is 0 Å². The van der Waals surface area contributed by atoms with Crippen LogP contribution in [0.25, 0.3) is 0 Å². The lowest BCUT2D eigenvalue weighted by atomic mass is 9.64. The van der Waals surface area contributed by atoms with Crippen LogP contribution >= 0.6 is 0 Å². The van der Waals surface area contributed by atoms with Crippen LogP contribution in [-0.4, -0.2) is 5.11 Å². The molecule has 1 nitrogen and oxygen atoms in total. The lowest BCUT2D eigenvalue weighted by Crippen LogP contribution is -2.28. The van der Waals surface area contributed by atoms with Crippen molar-refractivity contribution in [2.24, 2.45) is 11.8 Å². The quantitative estimate of drug-likeness (QED) is 0.813. The molecule has 3 atom stereocenters.